The van der Waals surface area contributed by atoms with E-state index in [1.165, 1.54) is 12.0 Å². The molecule has 1 aliphatic heterocycles. The van der Waals surface area contributed by atoms with Crippen LogP contribution in [0.3, 0.4) is 0 Å². The van der Waals surface area contributed by atoms with Crippen LogP contribution in [0.25, 0.3) is 0 Å². The highest BCUT2D eigenvalue weighted by Gasteiger charge is 2.21. The average molecular weight is 366 g/mol. The minimum absolute atomic E-state index is 0.145. The number of amides is 1. The number of piperidine rings is 1. The minimum atomic E-state index is 0.145. The Balaban J connectivity index is 1.57. The first-order valence-corrected chi connectivity index (χ1v) is 9.94. The van der Waals surface area contributed by atoms with Crippen LogP contribution in [0.4, 0.5) is 0 Å². The Morgan fingerprint density at radius 3 is 2.33 bits per heavy atom. The Bertz CT molecular complexity index is 756. The smallest absolute Gasteiger partial charge is 0.253 e. The van der Waals surface area contributed by atoms with E-state index in [1.54, 1.807) is 0 Å². The molecule has 0 aliphatic carbocycles. The first-order chi connectivity index (χ1) is 12.8. The van der Waals surface area contributed by atoms with Crippen molar-refractivity contribution >= 4 is 5.91 Å². The fourth-order valence-electron chi connectivity index (χ4n) is 3.52. The van der Waals surface area contributed by atoms with Gasteiger partial charge in [0.2, 0.25) is 0 Å². The van der Waals surface area contributed by atoms with Crippen molar-refractivity contribution in [3.63, 3.8) is 0 Å². The number of carbonyl (C=O) groups excluding carboxylic acids is 1. The lowest BCUT2D eigenvalue weighted by molar-refractivity contribution is 0.0683. The van der Waals surface area contributed by atoms with E-state index in [1.807, 2.05) is 41.3 Å². The Morgan fingerprint density at radius 2 is 1.74 bits per heavy atom. The molecule has 2 aromatic carbocycles. The fraction of sp³-hybridized carbons (Fsp3) is 0.458. The number of rotatable bonds is 4. The second-order valence-corrected chi connectivity index (χ2v) is 8.76. The molecule has 3 heteroatoms. The summed E-state index contributed by atoms with van der Waals surface area (Å²) in [5.74, 6) is 1.61. The normalized spacial score (nSPS) is 17.6. The summed E-state index contributed by atoms with van der Waals surface area (Å²) in [6.45, 7) is 11.1. The summed E-state index contributed by atoms with van der Waals surface area (Å²) in [5, 5.41) is 0. The molecule has 1 atom stereocenters. The molecule has 1 amide bonds. The van der Waals surface area contributed by atoms with Crippen molar-refractivity contribution in [2.75, 3.05) is 13.1 Å². The highest BCUT2D eigenvalue weighted by atomic mass is 16.5. The molecule has 2 aromatic rings. The van der Waals surface area contributed by atoms with Crippen molar-refractivity contribution < 1.29 is 9.53 Å². The molecule has 1 fully saturated rings. The van der Waals surface area contributed by atoms with Crippen molar-refractivity contribution in [1.82, 2.24) is 4.90 Å². The third kappa shape index (κ3) is 5.12. The summed E-state index contributed by atoms with van der Waals surface area (Å²) < 4.78 is 5.90. The third-order valence-electron chi connectivity index (χ3n) is 5.27. The molecule has 3 nitrogen and oxygen atoms in total. The monoisotopic (exact) mass is 365 g/mol. The van der Waals surface area contributed by atoms with E-state index in [2.05, 4.69) is 39.8 Å². The van der Waals surface area contributed by atoms with Crippen LogP contribution in [0.1, 0.15) is 62.0 Å². The average Bonchev–Trinajstić information content (AvgIpc) is 2.66. The Labute approximate surface area is 163 Å². The van der Waals surface area contributed by atoms with Gasteiger partial charge in [-0.25, -0.2) is 0 Å². The molecule has 0 unspecified atom stereocenters. The van der Waals surface area contributed by atoms with Crippen LogP contribution in [0.5, 0.6) is 5.75 Å². The number of likely N-dealkylation sites (tertiary alicyclic amines) is 1. The van der Waals surface area contributed by atoms with Crippen LogP contribution in [0.15, 0.2) is 48.5 Å². The standard InChI is InChI=1S/C24H31NO2/c1-18-6-5-15-25(16-18)23(26)20-9-7-19(8-10-20)17-27-22-13-11-21(12-14-22)24(2,3)4/h7-14,18H,5-6,15-17H2,1-4H3/t18-/m0/s1. The summed E-state index contributed by atoms with van der Waals surface area (Å²) in [6, 6.07) is 16.1. The second-order valence-electron chi connectivity index (χ2n) is 8.76. The lowest BCUT2D eigenvalue weighted by atomic mass is 9.87. The molecule has 144 valence electrons. The van der Waals surface area contributed by atoms with Crippen LogP contribution in [0.2, 0.25) is 0 Å². The van der Waals surface area contributed by atoms with Crippen molar-refractivity contribution in [2.45, 2.75) is 52.6 Å². The van der Waals surface area contributed by atoms with Gasteiger partial charge in [-0.2, -0.15) is 0 Å². The van der Waals surface area contributed by atoms with E-state index < -0.39 is 0 Å². The van der Waals surface area contributed by atoms with Gasteiger partial charge in [0.25, 0.3) is 5.91 Å². The topological polar surface area (TPSA) is 29.5 Å². The Kier molecular flexibility index (Phi) is 5.88. The largest absolute Gasteiger partial charge is 0.489 e. The molecule has 0 spiro atoms. The summed E-state index contributed by atoms with van der Waals surface area (Å²) in [4.78, 5) is 14.6. The van der Waals surface area contributed by atoms with Crippen LogP contribution in [-0.4, -0.2) is 23.9 Å². The zero-order valence-electron chi connectivity index (χ0n) is 17.0. The first kappa shape index (κ1) is 19.5. The predicted molar refractivity (Wildman–Crippen MR) is 110 cm³/mol. The van der Waals surface area contributed by atoms with E-state index in [9.17, 15) is 4.79 Å². The molecular weight excluding hydrogens is 334 g/mol. The molecular formula is C24H31NO2. The Morgan fingerprint density at radius 1 is 1.07 bits per heavy atom. The zero-order chi connectivity index (χ0) is 19.4. The number of benzene rings is 2. The van der Waals surface area contributed by atoms with Gasteiger partial charge in [-0.05, 0) is 59.6 Å². The molecule has 27 heavy (non-hydrogen) atoms. The molecule has 3 rings (SSSR count). The van der Waals surface area contributed by atoms with Crippen LogP contribution in [0, 0.1) is 5.92 Å². The highest BCUT2D eigenvalue weighted by Crippen LogP contribution is 2.24. The number of hydrogen-bond donors (Lipinski definition) is 0. The lowest BCUT2D eigenvalue weighted by Gasteiger charge is -2.31. The molecule has 0 radical (unpaired) electrons. The molecule has 0 saturated carbocycles. The van der Waals surface area contributed by atoms with Crippen molar-refractivity contribution in [2.24, 2.45) is 5.92 Å². The van der Waals surface area contributed by atoms with Crippen molar-refractivity contribution in [3.05, 3.63) is 65.2 Å². The van der Waals surface area contributed by atoms with Crippen LogP contribution < -0.4 is 4.74 Å². The van der Waals surface area contributed by atoms with Crippen molar-refractivity contribution in [3.8, 4) is 5.75 Å². The van der Waals surface area contributed by atoms with Gasteiger partial charge < -0.3 is 9.64 Å². The molecule has 1 aliphatic rings. The number of hydrogen-bond acceptors (Lipinski definition) is 2. The maximum atomic E-state index is 12.6. The summed E-state index contributed by atoms with van der Waals surface area (Å²) in [6.07, 6.45) is 2.32. The number of carbonyl (C=O) groups is 1. The van der Waals surface area contributed by atoms with Gasteiger partial charge in [0.05, 0.1) is 0 Å². The number of nitrogens with zero attached hydrogens (tertiary/aromatic N) is 1. The minimum Gasteiger partial charge on any atom is -0.489 e. The van der Waals surface area contributed by atoms with E-state index >= 15 is 0 Å². The first-order valence-electron chi connectivity index (χ1n) is 9.94. The van der Waals surface area contributed by atoms with Gasteiger partial charge in [-0.1, -0.05) is 52.0 Å². The zero-order valence-corrected chi connectivity index (χ0v) is 17.0. The van der Waals surface area contributed by atoms with E-state index in [4.69, 9.17) is 4.74 Å². The molecule has 0 N–H and O–H groups in total. The molecule has 1 heterocycles. The summed E-state index contributed by atoms with van der Waals surface area (Å²) in [7, 11) is 0. The van der Waals surface area contributed by atoms with Gasteiger partial charge in [0.1, 0.15) is 12.4 Å². The van der Waals surface area contributed by atoms with E-state index in [-0.39, 0.29) is 11.3 Å². The van der Waals surface area contributed by atoms with Crippen molar-refractivity contribution in [1.29, 1.82) is 0 Å². The fourth-order valence-corrected chi connectivity index (χ4v) is 3.52. The third-order valence-corrected chi connectivity index (χ3v) is 5.27. The second kappa shape index (κ2) is 8.16. The maximum Gasteiger partial charge on any atom is 0.253 e. The van der Waals surface area contributed by atoms with E-state index in [0.29, 0.717) is 12.5 Å². The van der Waals surface area contributed by atoms with Gasteiger partial charge >= 0.3 is 0 Å². The van der Waals surface area contributed by atoms with Gasteiger partial charge in [-0.15, -0.1) is 0 Å². The van der Waals surface area contributed by atoms with Gasteiger partial charge in [0, 0.05) is 18.7 Å². The Hall–Kier alpha value is -2.29. The van der Waals surface area contributed by atoms with E-state index in [0.717, 1.165) is 36.4 Å². The molecule has 0 aromatic heterocycles. The summed E-state index contributed by atoms with van der Waals surface area (Å²) in [5.41, 5.74) is 3.28. The summed E-state index contributed by atoms with van der Waals surface area (Å²) >= 11 is 0. The maximum absolute atomic E-state index is 12.6. The number of ether oxygens (including phenoxy) is 1. The highest BCUT2D eigenvalue weighted by molar-refractivity contribution is 5.94. The lowest BCUT2D eigenvalue weighted by Crippen LogP contribution is -2.39. The van der Waals surface area contributed by atoms with Crippen LogP contribution in [-0.2, 0) is 12.0 Å². The van der Waals surface area contributed by atoms with Gasteiger partial charge in [0.15, 0.2) is 0 Å². The quantitative estimate of drug-likeness (QED) is 0.722. The predicted octanol–water partition coefficient (Wildman–Crippen LogP) is 5.44. The van der Waals surface area contributed by atoms with Gasteiger partial charge in [-0.3, -0.25) is 4.79 Å². The molecule has 1 saturated heterocycles. The molecule has 0 bridgehead atoms. The van der Waals surface area contributed by atoms with Crippen LogP contribution >= 0.6 is 0 Å². The SMILES string of the molecule is C[C@H]1CCCN(C(=O)c2ccc(COc3ccc(C(C)(C)C)cc3)cc2)C1.